The smallest absolute Gasteiger partial charge is 0.376 e. The average molecular weight is 919 g/mol. The van der Waals surface area contributed by atoms with Gasteiger partial charge in [-0.15, -0.1) is 0 Å². The van der Waals surface area contributed by atoms with Crippen LogP contribution in [0.5, 0.6) is 0 Å². The first-order valence-corrected chi connectivity index (χ1v) is 31.6. The van der Waals surface area contributed by atoms with Crippen molar-refractivity contribution >= 4 is 72.6 Å². The van der Waals surface area contributed by atoms with E-state index in [0.29, 0.717) is 0 Å². The van der Waals surface area contributed by atoms with Gasteiger partial charge in [-0.3, -0.25) is 0 Å². The third-order valence-corrected chi connectivity index (χ3v) is 33.8. The van der Waals surface area contributed by atoms with Gasteiger partial charge in [0.2, 0.25) is 0 Å². The molecule has 4 rings (SSSR count). The van der Waals surface area contributed by atoms with Crippen LogP contribution in [0.1, 0.15) is 111 Å². The molecule has 0 aliphatic carbocycles. The van der Waals surface area contributed by atoms with E-state index in [0.717, 1.165) is 0 Å². The number of hydrogen-bond donors (Lipinski definition) is 1. The van der Waals surface area contributed by atoms with Gasteiger partial charge in [-0.25, -0.2) is 0 Å². The van der Waals surface area contributed by atoms with Crippen LogP contribution in [-0.2, 0) is 81.0 Å². The molecule has 0 amide bonds. The summed E-state index contributed by atoms with van der Waals surface area (Å²) < 4.78 is 126. The highest BCUT2D eigenvalue weighted by Crippen LogP contribution is 2.45. The molecule has 28 heteroatoms. The van der Waals surface area contributed by atoms with Crippen LogP contribution in [0.25, 0.3) is 0 Å². The maximum Gasteiger partial charge on any atom is 0.666 e. The largest absolute Gasteiger partial charge is 0.666 e. The normalized spacial score (nSPS) is 39.2. The molecule has 4 saturated heterocycles. The average Bonchev–Trinajstić information content (AvgIpc) is 2.96. The molecule has 4 heterocycles. The van der Waals surface area contributed by atoms with E-state index in [1.165, 1.54) is 0 Å². The lowest BCUT2D eigenvalue weighted by molar-refractivity contribution is -0.124. The lowest BCUT2D eigenvalue weighted by Crippen LogP contribution is -2.83. The SMILES string of the molecule is CC(C)CO[SiH]1O[Si]2(OC(C)C)OC[Si]3(OC(C)C)O[Si](OC(C)C)(O1)O[Si]1(OC(C)C)O[Si](O)(OC(C)C)O[Si](OC(C)C)(O2)O[Si](OC(C)C)(O3)O1. The molecule has 4 fully saturated rings. The molecule has 0 radical (unpaired) electrons. The lowest BCUT2D eigenvalue weighted by atomic mass is 10.2. The Kier molecular flexibility index (Phi) is 16.1. The Morgan fingerprint density at radius 1 is 0.444 bits per heavy atom. The highest BCUT2D eigenvalue weighted by atomic mass is 28.6. The van der Waals surface area contributed by atoms with Gasteiger partial charge in [-0.05, 0) is 103 Å². The van der Waals surface area contributed by atoms with E-state index < -0.39 is 122 Å². The maximum atomic E-state index is 12.5. The molecule has 0 aromatic carbocycles. The Hall–Kier alpha value is 0.935. The molecule has 8 atom stereocenters. The van der Waals surface area contributed by atoms with Crippen LogP contribution in [0.15, 0.2) is 0 Å². The van der Waals surface area contributed by atoms with E-state index in [2.05, 4.69) is 0 Å². The molecular formula is C26H62O20Si8. The van der Waals surface area contributed by atoms with Crippen molar-refractivity contribution < 1.29 is 85.8 Å². The summed E-state index contributed by atoms with van der Waals surface area (Å²) in [7, 11) is -38.3. The minimum atomic E-state index is -5.18. The topological polar surface area (TPSA) is 196 Å². The fourth-order valence-corrected chi connectivity index (χ4v) is 37.8. The Labute approximate surface area is 329 Å². The summed E-state index contributed by atoms with van der Waals surface area (Å²) in [5.41, 5.74) is 0. The molecular weight excluding hydrogens is 857 g/mol. The minimum absolute atomic E-state index is 0.0192. The van der Waals surface area contributed by atoms with Gasteiger partial charge < -0.3 is 85.8 Å². The third-order valence-electron chi connectivity index (χ3n) is 6.24. The van der Waals surface area contributed by atoms with Crippen molar-refractivity contribution in [2.24, 2.45) is 5.92 Å². The number of fused-ring (bicyclic) bond motifs is 5. The highest BCUT2D eigenvalue weighted by Gasteiger charge is 2.84. The first-order valence-electron chi connectivity index (χ1n) is 18.5. The molecule has 0 aromatic rings. The molecule has 0 saturated carbocycles. The summed E-state index contributed by atoms with van der Waals surface area (Å²) in [5, 5.41) is 0. The minimum Gasteiger partial charge on any atom is -0.376 e. The van der Waals surface area contributed by atoms with Gasteiger partial charge >= 0.3 is 72.6 Å². The van der Waals surface area contributed by atoms with Crippen molar-refractivity contribution in [2.75, 3.05) is 12.8 Å². The molecule has 1 N–H and O–H groups in total. The van der Waals surface area contributed by atoms with E-state index >= 15 is 0 Å². The van der Waals surface area contributed by atoms with Crippen molar-refractivity contribution in [3.05, 3.63) is 0 Å². The quantitative estimate of drug-likeness (QED) is 0.209. The fourth-order valence-electron chi connectivity index (χ4n) is 5.14. The molecule has 6 bridgehead atoms. The van der Waals surface area contributed by atoms with Gasteiger partial charge in [0.25, 0.3) is 0 Å². The molecule has 54 heavy (non-hydrogen) atoms. The van der Waals surface area contributed by atoms with Crippen molar-refractivity contribution in [1.82, 2.24) is 0 Å². The molecule has 318 valence electrons. The summed E-state index contributed by atoms with van der Waals surface area (Å²) in [6, 6.07) is 0. The highest BCUT2D eigenvalue weighted by molar-refractivity contribution is 6.92. The Bertz CT molecular complexity index is 1230. The van der Waals surface area contributed by atoms with Crippen molar-refractivity contribution in [3.8, 4) is 0 Å². The third kappa shape index (κ3) is 12.7. The van der Waals surface area contributed by atoms with E-state index in [1.807, 2.05) is 13.8 Å². The van der Waals surface area contributed by atoms with E-state index in [1.54, 1.807) is 96.9 Å². The second-order valence-corrected chi connectivity index (χ2v) is 34.2. The summed E-state index contributed by atoms with van der Waals surface area (Å²) >= 11 is 0. The molecule has 20 nitrogen and oxygen atoms in total. The van der Waals surface area contributed by atoms with Crippen LogP contribution in [0.3, 0.4) is 0 Å². The van der Waals surface area contributed by atoms with Crippen LogP contribution in [0, 0.1) is 5.92 Å². The van der Waals surface area contributed by atoms with Gasteiger partial charge in [0.05, 0.1) is 0 Å². The van der Waals surface area contributed by atoms with Crippen LogP contribution in [0.4, 0.5) is 0 Å². The van der Waals surface area contributed by atoms with Gasteiger partial charge in [0.1, 0.15) is 6.23 Å². The predicted octanol–water partition coefficient (Wildman–Crippen LogP) is 2.67. The number of hydrogen-bond acceptors (Lipinski definition) is 20. The monoisotopic (exact) mass is 918 g/mol. The first kappa shape index (κ1) is 47.6. The Morgan fingerprint density at radius 3 is 1.24 bits per heavy atom. The van der Waals surface area contributed by atoms with Crippen molar-refractivity contribution in [2.45, 2.75) is 154 Å². The zero-order chi connectivity index (χ0) is 40.5. The van der Waals surface area contributed by atoms with Crippen molar-refractivity contribution in [1.29, 1.82) is 0 Å². The van der Waals surface area contributed by atoms with Crippen LogP contribution >= 0.6 is 0 Å². The summed E-state index contributed by atoms with van der Waals surface area (Å²) in [6.45, 7) is 28.2. The zero-order valence-corrected chi connectivity index (χ0v) is 42.5. The fraction of sp³-hybridized carbons (Fsp3) is 1.00. The lowest BCUT2D eigenvalue weighted by Gasteiger charge is -2.51. The van der Waals surface area contributed by atoms with Gasteiger partial charge in [0.15, 0.2) is 0 Å². The standard InChI is InChI=1S/C26H62O20Si8/c1-19(2)17-28-47-37-50(32-22(7)8)29-18-48(30-20(3)4)39-51(38-47,33-23(9)10)44-54(36-26(15)16)42-49(27,31-21(5)6)41-53(43-50,35-25(13)14)45-52(40-48,46-54)34-24(11)12/h19-27,47H,17-18H2,1-16H3. The zero-order valence-electron chi connectivity index (χ0n) is 34.3. The van der Waals surface area contributed by atoms with Crippen LogP contribution in [0.2, 0.25) is 0 Å². The second-order valence-electron chi connectivity index (χ2n) is 15.2. The van der Waals surface area contributed by atoms with Crippen LogP contribution in [-0.4, -0.2) is 133 Å². The predicted molar refractivity (Wildman–Crippen MR) is 201 cm³/mol. The Morgan fingerprint density at radius 2 is 0.796 bits per heavy atom. The molecule has 0 aromatic heterocycles. The van der Waals surface area contributed by atoms with Crippen LogP contribution < -0.4 is 0 Å². The molecule has 4 aliphatic rings. The second kappa shape index (κ2) is 18.3. The summed E-state index contributed by atoms with van der Waals surface area (Å²) in [5.74, 6) is 0.0192. The van der Waals surface area contributed by atoms with Gasteiger partial charge in [-0.1, -0.05) is 13.8 Å². The van der Waals surface area contributed by atoms with Gasteiger partial charge in [-0.2, -0.15) is 0 Å². The van der Waals surface area contributed by atoms with Gasteiger partial charge in [0, 0.05) is 49.3 Å². The molecule has 4 aliphatic heterocycles. The number of rotatable bonds is 17. The van der Waals surface area contributed by atoms with E-state index in [4.69, 9.17) is 81.0 Å². The van der Waals surface area contributed by atoms with E-state index in [9.17, 15) is 4.80 Å². The molecule has 8 unspecified atom stereocenters. The summed E-state index contributed by atoms with van der Waals surface area (Å²) in [6.07, 6.45) is -5.08. The Balaban J connectivity index is 2.23. The first-order chi connectivity index (χ1) is 24.8. The maximum absolute atomic E-state index is 12.5. The van der Waals surface area contributed by atoms with Crippen molar-refractivity contribution in [3.63, 3.8) is 0 Å². The van der Waals surface area contributed by atoms with E-state index in [-0.39, 0.29) is 12.5 Å². The summed E-state index contributed by atoms with van der Waals surface area (Å²) in [4.78, 5) is 12.5. The molecule has 0 spiro atoms.